The van der Waals surface area contributed by atoms with E-state index in [2.05, 4.69) is 29.4 Å². The number of hydrogen-bond donors (Lipinski definition) is 1. The largest absolute Gasteiger partial charge is 0.311 e. The van der Waals surface area contributed by atoms with Crippen LogP contribution < -0.4 is 10.2 Å². The van der Waals surface area contributed by atoms with E-state index in [9.17, 15) is 9.59 Å². The Morgan fingerprint density at radius 1 is 1.38 bits per heavy atom. The molecule has 0 radical (unpaired) electrons. The molecular weight excluding hydrogens is 348 g/mol. The Kier molecular flexibility index (Phi) is 5.66. The first-order chi connectivity index (χ1) is 12.5. The van der Waals surface area contributed by atoms with Gasteiger partial charge in [0.15, 0.2) is 0 Å². The van der Waals surface area contributed by atoms with Gasteiger partial charge in [0.25, 0.3) is 0 Å². The van der Waals surface area contributed by atoms with Crippen LogP contribution in [0.4, 0.5) is 10.8 Å². The number of nitrogens with one attached hydrogen (secondary N) is 1. The van der Waals surface area contributed by atoms with E-state index in [1.54, 1.807) is 4.90 Å². The van der Waals surface area contributed by atoms with E-state index in [0.29, 0.717) is 17.6 Å². The van der Waals surface area contributed by atoms with E-state index < -0.39 is 0 Å². The number of nitrogens with zero attached hydrogens (tertiary/aromatic N) is 3. The van der Waals surface area contributed by atoms with Gasteiger partial charge in [0.05, 0.1) is 5.92 Å². The van der Waals surface area contributed by atoms with Crippen LogP contribution in [-0.4, -0.2) is 28.6 Å². The summed E-state index contributed by atoms with van der Waals surface area (Å²) in [5, 5.41) is 12.5. The molecule has 0 spiro atoms. The first-order valence-corrected chi connectivity index (χ1v) is 9.81. The van der Waals surface area contributed by atoms with E-state index in [-0.39, 0.29) is 24.2 Å². The van der Waals surface area contributed by atoms with Crippen molar-refractivity contribution in [3.05, 3.63) is 34.8 Å². The molecule has 0 bridgehead atoms. The van der Waals surface area contributed by atoms with Crippen LogP contribution in [0.3, 0.4) is 0 Å². The molecule has 2 aromatic rings. The third-order valence-electron chi connectivity index (χ3n) is 4.72. The highest BCUT2D eigenvalue weighted by atomic mass is 32.1. The van der Waals surface area contributed by atoms with E-state index in [1.807, 2.05) is 31.2 Å². The van der Waals surface area contributed by atoms with Gasteiger partial charge in [0.1, 0.15) is 5.01 Å². The Morgan fingerprint density at radius 3 is 2.88 bits per heavy atom. The van der Waals surface area contributed by atoms with Crippen molar-refractivity contribution in [3.63, 3.8) is 0 Å². The molecule has 26 heavy (non-hydrogen) atoms. The molecule has 1 aliphatic rings. The molecule has 1 N–H and O–H groups in total. The minimum absolute atomic E-state index is 0.0195. The summed E-state index contributed by atoms with van der Waals surface area (Å²) in [5.74, 6) is -0.218. The van der Waals surface area contributed by atoms with Crippen molar-refractivity contribution in [2.75, 3.05) is 16.8 Å². The Balaban J connectivity index is 1.64. The summed E-state index contributed by atoms with van der Waals surface area (Å²) in [6.07, 6.45) is 2.35. The second-order valence-electron chi connectivity index (χ2n) is 6.82. The molecule has 138 valence electrons. The smallest absolute Gasteiger partial charge is 0.231 e. The summed E-state index contributed by atoms with van der Waals surface area (Å²) < 4.78 is 0. The van der Waals surface area contributed by atoms with E-state index in [1.165, 1.54) is 11.3 Å². The number of para-hydroxylation sites is 1. The summed E-state index contributed by atoms with van der Waals surface area (Å²) in [6, 6.07) is 7.73. The van der Waals surface area contributed by atoms with Gasteiger partial charge >= 0.3 is 0 Å². The molecule has 1 aromatic carbocycles. The Bertz CT molecular complexity index is 804. The van der Waals surface area contributed by atoms with Crippen LogP contribution in [0.25, 0.3) is 0 Å². The molecule has 1 fully saturated rings. The van der Waals surface area contributed by atoms with Crippen molar-refractivity contribution in [2.24, 2.45) is 5.92 Å². The summed E-state index contributed by atoms with van der Waals surface area (Å²) in [4.78, 5) is 26.7. The fourth-order valence-electron chi connectivity index (χ4n) is 3.23. The summed E-state index contributed by atoms with van der Waals surface area (Å²) in [6.45, 7) is 6.62. The van der Waals surface area contributed by atoms with Crippen molar-refractivity contribution in [1.29, 1.82) is 0 Å². The van der Waals surface area contributed by atoms with Crippen LogP contribution in [0.5, 0.6) is 0 Å². The predicted octanol–water partition coefficient (Wildman–Crippen LogP) is 3.74. The van der Waals surface area contributed by atoms with Crippen LogP contribution in [0, 0.1) is 12.8 Å². The molecule has 2 amide bonds. The number of carbonyl (C=O) groups excluding carboxylic acids is 2. The number of aromatic nitrogens is 2. The molecule has 6 nitrogen and oxygen atoms in total. The number of amides is 2. The number of benzene rings is 1. The van der Waals surface area contributed by atoms with Gasteiger partial charge in [-0.3, -0.25) is 9.59 Å². The van der Waals surface area contributed by atoms with Gasteiger partial charge in [-0.15, -0.1) is 10.2 Å². The lowest BCUT2D eigenvalue weighted by molar-refractivity contribution is -0.122. The molecule has 0 aliphatic carbocycles. The number of carbonyl (C=O) groups is 2. The molecule has 3 rings (SSSR count). The first-order valence-electron chi connectivity index (χ1n) is 8.99. The van der Waals surface area contributed by atoms with Crippen molar-refractivity contribution < 1.29 is 9.59 Å². The topological polar surface area (TPSA) is 75.2 Å². The van der Waals surface area contributed by atoms with Crippen molar-refractivity contribution in [1.82, 2.24) is 10.2 Å². The van der Waals surface area contributed by atoms with Crippen LogP contribution >= 0.6 is 11.3 Å². The average Bonchev–Trinajstić information content (AvgIpc) is 3.22. The zero-order chi connectivity index (χ0) is 18.7. The third kappa shape index (κ3) is 3.93. The van der Waals surface area contributed by atoms with Gasteiger partial charge in [-0.25, -0.2) is 0 Å². The predicted molar refractivity (Wildman–Crippen MR) is 104 cm³/mol. The van der Waals surface area contributed by atoms with E-state index in [4.69, 9.17) is 0 Å². The highest BCUT2D eigenvalue weighted by molar-refractivity contribution is 7.15. The minimum atomic E-state index is -0.373. The third-order valence-corrected chi connectivity index (χ3v) is 5.79. The van der Waals surface area contributed by atoms with E-state index in [0.717, 1.165) is 29.1 Å². The molecule has 1 aromatic heterocycles. The summed E-state index contributed by atoms with van der Waals surface area (Å²) >= 11 is 1.42. The molecule has 1 aliphatic heterocycles. The average molecular weight is 372 g/mol. The van der Waals surface area contributed by atoms with Gasteiger partial charge in [0.2, 0.25) is 16.9 Å². The van der Waals surface area contributed by atoms with Gasteiger partial charge in [0, 0.05) is 24.6 Å². The quantitative estimate of drug-likeness (QED) is 0.838. The molecule has 0 saturated carbocycles. The Labute approximate surface area is 157 Å². The van der Waals surface area contributed by atoms with E-state index >= 15 is 0 Å². The lowest BCUT2D eigenvalue weighted by Gasteiger charge is -2.18. The number of anilines is 2. The minimum Gasteiger partial charge on any atom is -0.311 e. The van der Waals surface area contributed by atoms with Gasteiger partial charge in [-0.2, -0.15) is 0 Å². The lowest BCUT2D eigenvalue weighted by Crippen LogP contribution is -2.28. The van der Waals surface area contributed by atoms with Crippen molar-refractivity contribution in [2.45, 2.75) is 46.0 Å². The van der Waals surface area contributed by atoms with Crippen LogP contribution in [0.1, 0.15) is 49.6 Å². The zero-order valence-corrected chi connectivity index (χ0v) is 16.2. The maximum atomic E-state index is 12.6. The lowest BCUT2D eigenvalue weighted by atomic mass is 10.1. The van der Waals surface area contributed by atoms with Crippen LogP contribution in [0.2, 0.25) is 0 Å². The molecule has 1 saturated heterocycles. The summed E-state index contributed by atoms with van der Waals surface area (Å²) in [7, 11) is 0. The number of hydrogen-bond acceptors (Lipinski definition) is 5. The first kappa shape index (κ1) is 18.5. The molecule has 7 heteroatoms. The highest BCUT2D eigenvalue weighted by Crippen LogP contribution is 2.30. The fraction of sp³-hybridized carbons (Fsp3) is 0.474. The Morgan fingerprint density at radius 2 is 2.15 bits per heavy atom. The highest BCUT2D eigenvalue weighted by Gasteiger charge is 2.36. The molecular formula is C19H24N4O2S. The van der Waals surface area contributed by atoms with Crippen LogP contribution in [-0.2, 0) is 9.59 Å². The van der Waals surface area contributed by atoms with Gasteiger partial charge in [-0.1, -0.05) is 49.8 Å². The number of aryl methyl sites for hydroxylation is 1. The Hall–Kier alpha value is -2.28. The van der Waals surface area contributed by atoms with Crippen LogP contribution in [0.15, 0.2) is 24.3 Å². The molecule has 2 atom stereocenters. The number of rotatable bonds is 6. The molecule has 2 heterocycles. The van der Waals surface area contributed by atoms with Gasteiger partial charge in [-0.05, 0) is 25.0 Å². The second-order valence-corrected chi connectivity index (χ2v) is 7.83. The van der Waals surface area contributed by atoms with Crippen molar-refractivity contribution in [3.8, 4) is 0 Å². The maximum Gasteiger partial charge on any atom is 0.231 e. The monoisotopic (exact) mass is 372 g/mol. The second kappa shape index (κ2) is 7.95. The molecule has 0 unspecified atom stereocenters. The van der Waals surface area contributed by atoms with Gasteiger partial charge < -0.3 is 10.2 Å². The standard InChI is InChI=1S/C19H24N4O2S/c1-4-7-13(3)18-21-22-19(26-18)20-17(25)14-10-16(24)23(11-14)15-9-6-5-8-12(15)2/h5-6,8-9,13-14H,4,7,10-11H2,1-3H3,(H,20,22,25)/t13-,14+/m1/s1. The van der Waals surface area contributed by atoms with Crippen molar-refractivity contribution >= 4 is 34.0 Å². The normalized spacial score (nSPS) is 18.2. The SMILES string of the molecule is CCC[C@@H](C)c1nnc(NC(=O)[C@H]2CC(=O)N(c3ccccc3C)C2)s1. The summed E-state index contributed by atoms with van der Waals surface area (Å²) in [5.41, 5.74) is 1.90. The zero-order valence-electron chi connectivity index (χ0n) is 15.4. The maximum absolute atomic E-state index is 12.6. The fourth-order valence-corrected chi connectivity index (χ4v) is 4.06.